The van der Waals surface area contributed by atoms with Crippen LogP contribution in [-0.4, -0.2) is 31.4 Å². The minimum atomic E-state index is 0.449. The highest BCUT2D eigenvalue weighted by molar-refractivity contribution is 6.00. The van der Waals surface area contributed by atoms with E-state index in [4.69, 9.17) is 4.98 Å². The van der Waals surface area contributed by atoms with E-state index in [0.29, 0.717) is 6.04 Å². The minimum absolute atomic E-state index is 0.449. The standard InChI is InChI=1S/C21H21N5O.C2H6/c27-14-25-13-17(16-8-4-5-9-18(16)25)20-21(23-15-6-2-1-3-7-15)26-11-10-22-12-19(26)24-20;1-2/h4-5,8-15,23H,1-3,6-7H2;1-2H3. The lowest BCUT2D eigenvalue weighted by Gasteiger charge is -2.24. The number of imidazole rings is 1. The number of nitrogens with one attached hydrogen (secondary N) is 1. The summed E-state index contributed by atoms with van der Waals surface area (Å²) in [7, 11) is 0. The Morgan fingerprint density at radius 3 is 2.72 bits per heavy atom. The summed E-state index contributed by atoms with van der Waals surface area (Å²) in [6.45, 7) is 4.00. The van der Waals surface area contributed by atoms with E-state index in [2.05, 4.69) is 14.7 Å². The SMILES string of the molecule is CC.O=Cn1cc(-c2nc3cnccn3c2NC2CCCCC2)c2ccccc21. The Labute approximate surface area is 170 Å². The molecule has 1 N–H and O–H groups in total. The lowest BCUT2D eigenvalue weighted by Crippen LogP contribution is -2.23. The summed E-state index contributed by atoms with van der Waals surface area (Å²) in [4.78, 5) is 20.6. The van der Waals surface area contributed by atoms with E-state index in [1.165, 1.54) is 32.1 Å². The van der Waals surface area contributed by atoms with Crippen LogP contribution in [0.2, 0.25) is 0 Å². The van der Waals surface area contributed by atoms with Gasteiger partial charge in [0.05, 0.1) is 11.7 Å². The number of anilines is 1. The monoisotopic (exact) mass is 389 g/mol. The van der Waals surface area contributed by atoms with Gasteiger partial charge in [0, 0.05) is 35.6 Å². The molecule has 3 aromatic heterocycles. The van der Waals surface area contributed by atoms with Crippen LogP contribution < -0.4 is 5.32 Å². The van der Waals surface area contributed by atoms with Gasteiger partial charge in [-0.2, -0.15) is 0 Å². The number of benzene rings is 1. The first-order chi connectivity index (χ1) is 14.3. The molecule has 29 heavy (non-hydrogen) atoms. The van der Waals surface area contributed by atoms with E-state index < -0.39 is 0 Å². The summed E-state index contributed by atoms with van der Waals surface area (Å²) in [5.74, 6) is 0.980. The van der Waals surface area contributed by atoms with Crippen LogP contribution in [0.25, 0.3) is 27.8 Å². The van der Waals surface area contributed by atoms with Gasteiger partial charge in [-0.1, -0.05) is 51.3 Å². The molecule has 150 valence electrons. The fourth-order valence-electron chi connectivity index (χ4n) is 4.15. The molecular formula is C23H27N5O. The maximum Gasteiger partial charge on any atom is 0.218 e. The van der Waals surface area contributed by atoms with Crippen molar-refractivity contribution in [3.63, 3.8) is 0 Å². The van der Waals surface area contributed by atoms with Crippen LogP contribution in [-0.2, 0) is 4.79 Å². The van der Waals surface area contributed by atoms with Crippen LogP contribution in [0.15, 0.2) is 49.1 Å². The van der Waals surface area contributed by atoms with E-state index in [1.807, 2.05) is 50.5 Å². The van der Waals surface area contributed by atoms with Gasteiger partial charge in [-0.25, -0.2) is 4.98 Å². The first kappa shape index (κ1) is 19.2. The second-order valence-electron chi connectivity index (χ2n) is 7.17. The van der Waals surface area contributed by atoms with Crippen molar-refractivity contribution < 1.29 is 4.79 Å². The van der Waals surface area contributed by atoms with Gasteiger partial charge in [0.15, 0.2) is 5.65 Å². The molecule has 1 saturated carbocycles. The first-order valence-electron chi connectivity index (χ1n) is 10.5. The Kier molecular flexibility index (Phi) is 5.60. The largest absolute Gasteiger partial charge is 0.367 e. The van der Waals surface area contributed by atoms with Gasteiger partial charge in [-0.05, 0) is 18.9 Å². The molecular weight excluding hydrogens is 362 g/mol. The van der Waals surface area contributed by atoms with Crippen molar-refractivity contribution in [1.29, 1.82) is 0 Å². The minimum Gasteiger partial charge on any atom is -0.367 e. The van der Waals surface area contributed by atoms with E-state index in [0.717, 1.165) is 40.0 Å². The molecule has 6 heteroatoms. The van der Waals surface area contributed by atoms with Crippen molar-refractivity contribution in [3.8, 4) is 11.3 Å². The van der Waals surface area contributed by atoms with Crippen molar-refractivity contribution in [3.05, 3.63) is 49.1 Å². The Morgan fingerprint density at radius 2 is 1.93 bits per heavy atom. The second-order valence-corrected chi connectivity index (χ2v) is 7.17. The number of carbonyl (C=O) groups excluding carboxylic acids is 1. The Hall–Kier alpha value is -3.15. The number of aromatic nitrogens is 4. The number of nitrogens with zero attached hydrogens (tertiary/aromatic N) is 4. The normalized spacial score (nSPS) is 14.6. The zero-order valence-electron chi connectivity index (χ0n) is 17.0. The van der Waals surface area contributed by atoms with E-state index in [9.17, 15) is 4.79 Å². The van der Waals surface area contributed by atoms with Crippen LogP contribution in [0.3, 0.4) is 0 Å². The molecule has 1 aliphatic carbocycles. The third kappa shape index (κ3) is 3.50. The molecule has 0 atom stereocenters. The summed E-state index contributed by atoms with van der Waals surface area (Å²) >= 11 is 0. The number of hydrogen-bond acceptors (Lipinski definition) is 4. The Bertz CT molecular complexity index is 1120. The summed E-state index contributed by atoms with van der Waals surface area (Å²) in [5, 5.41) is 4.76. The van der Waals surface area contributed by atoms with Crippen LogP contribution in [0.1, 0.15) is 46.0 Å². The van der Waals surface area contributed by atoms with Crippen LogP contribution in [0.5, 0.6) is 0 Å². The predicted molar refractivity (Wildman–Crippen MR) is 118 cm³/mol. The zero-order valence-corrected chi connectivity index (χ0v) is 17.0. The lowest BCUT2D eigenvalue weighted by molar-refractivity contribution is 0.461. The van der Waals surface area contributed by atoms with Gasteiger partial charge in [-0.3, -0.25) is 18.7 Å². The number of para-hydroxylation sites is 1. The predicted octanol–water partition coefficient (Wildman–Crippen LogP) is 5.16. The topological polar surface area (TPSA) is 64.2 Å². The molecule has 0 saturated heterocycles. The molecule has 1 aromatic carbocycles. The van der Waals surface area contributed by atoms with E-state index >= 15 is 0 Å². The molecule has 0 bridgehead atoms. The lowest BCUT2D eigenvalue weighted by atomic mass is 9.95. The van der Waals surface area contributed by atoms with Crippen LogP contribution in [0.4, 0.5) is 5.82 Å². The molecule has 3 heterocycles. The zero-order chi connectivity index (χ0) is 20.2. The van der Waals surface area contributed by atoms with E-state index in [1.54, 1.807) is 17.0 Å². The smallest absolute Gasteiger partial charge is 0.218 e. The Morgan fingerprint density at radius 1 is 1.14 bits per heavy atom. The van der Waals surface area contributed by atoms with Crippen molar-refractivity contribution in [2.45, 2.75) is 52.0 Å². The first-order valence-corrected chi connectivity index (χ1v) is 10.5. The third-order valence-electron chi connectivity index (χ3n) is 5.49. The summed E-state index contributed by atoms with van der Waals surface area (Å²) in [6, 6.07) is 8.38. The molecule has 6 nitrogen and oxygen atoms in total. The van der Waals surface area contributed by atoms with Gasteiger partial charge in [0.1, 0.15) is 11.5 Å². The number of fused-ring (bicyclic) bond motifs is 2. The molecule has 0 unspecified atom stereocenters. The quantitative estimate of drug-likeness (QED) is 0.490. The summed E-state index contributed by atoms with van der Waals surface area (Å²) in [5.41, 5.74) is 3.51. The summed E-state index contributed by atoms with van der Waals surface area (Å²) < 4.78 is 3.68. The average Bonchev–Trinajstić information content (AvgIpc) is 3.34. The number of hydrogen-bond donors (Lipinski definition) is 1. The van der Waals surface area contributed by atoms with Crippen molar-refractivity contribution in [1.82, 2.24) is 18.9 Å². The second kappa shape index (κ2) is 8.47. The van der Waals surface area contributed by atoms with E-state index in [-0.39, 0.29) is 0 Å². The highest BCUT2D eigenvalue weighted by Crippen LogP contribution is 2.36. The number of carbonyl (C=O) groups is 1. The molecule has 1 fully saturated rings. The fourth-order valence-corrected chi connectivity index (χ4v) is 4.15. The highest BCUT2D eigenvalue weighted by Gasteiger charge is 2.22. The number of rotatable bonds is 4. The van der Waals surface area contributed by atoms with Gasteiger partial charge < -0.3 is 5.32 Å². The molecule has 0 amide bonds. The van der Waals surface area contributed by atoms with Crippen molar-refractivity contribution >= 4 is 28.8 Å². The van der Waals surface area contributed by atoms with Crippen molar-refractivity contribution in [2.75, 3.05) is 5.32 Å². The van der Waals surface area contributed by atoms with Gasteiger partial charge in [0.2, 0.25) is 6.41 Å². The molecule has 1 aliphatic rings. The van der Waals surface area contributed by atoms with Gasteiger partial charge >= 0.3 is 0 Å². The average molecular weight is 390 g/mol. The van der Waals surface area contributed by atoms with Crippen LogP contribution in [0, 0.1) is 0 Å². The molecule has 4 aromatic rings. The van der Waals surface area contributed by atoms with Crippen LogP contribution >= 0.6 is 0 Å². The highest BCUT2D eigenvalue weighted by atomic mass is 16.1. The maximum absolute atomic E-state index is 11.6. The van der Waals surface area contributed by atoms with Gasteiger partial charge in [-0.15, -0.1) is 0 Å². The molecule has 0 aliphatic heterocycles. The molecule has 0 spiro atoms. The fraction of sp³-hybridized carbons (Fsp3) is 0.348. The van der Waals surface area contributed by atoms with Crippen molar-refractivity contribution in [2.24, 2.45) is 0 Å². The molecule has 5 rings (SSSR count). The maximum atomic E-state index is 11.6. The van der Waals surface area contributed by atoms with Gasteiger partial charge in [0.25, 0.3) is 0 Å². The Balaban J connectivity index is 0.000000994. The third-order valence-corrected chi connectivity index (χ3v) is 5.49. The molecule has 0 radical (unpaired) electrons. The summed E-state index contributed by atoms with van der Waals surface area (Å²) in [6.07, 6.45) is 14.4.